The average molecular weight is 495 g/mol. The monoisotopic (exact) mass is 494 g/mol. The Hall–Kier alpha value is -2.75. The average Bonchev–Trinajstić information content (AvgIpc) is 2.82. The summed E-state index contributed by atoms with van der Waals surface area (Å²) in [5.41, 5.74) is 3.23. The molecule has 1 aliphatic carbocycles. The summed E-state index contributed by atoms with van der Waals surface area (Å²) in [5.74, 6) is 0.0504. The molecular weight excluding hydrogens is 448 g/mol. The Kier molecular flexibility index (Phi) is 11.8. The Morgan fingerprint density at radius 2 is 1.42 bits per heavy atom. The molecule has 0 heterocycles. The van der Waals surface area contributed by atoms with Gasteiger partial charge in [0.25, 0.3) is 0 Å². The van der Waals surface area contributed by atoms with Crippen LogP contribution < -0.4 is 0 Å². The summed E-state index contributed by atoms with van der Waals surface area (Å²) in [6.45, 7) is 19.6. The maximum absolute atomic E-state index is 12.3. The van der Waals surface area contributed by atoms with Crippen molar-refractivity contribution in [3.8, 4) is 0 Å². The maximum Gasteiger partial charge on any atom is 0.338 e. The molecule has 0 aromatic heterocycles. The third-order valence-corrected chi connectivity index (χ3v) is 8.24. The number of unbranched alkanes of at least 4 members (excludes halogenated alkanes) is 2. The fourth-order valence-electron chi connectivity index (χ4n) is 5.11. The first kappa shape index (κ1) is 31.3. The number of ether oxygens (including phenoxy) is 1. The van der Waals surface area contributed by atoms with Crippen molar-refractivity contribution in [2.75, 3.05) is 6.61 Å². The van der Waals surface area contributed by atoms with E-state index in [4.69, 9.17) is 9.53 Å². The van der Waals surface area contributed by atoms with Gasteiger partial charge in [-0.2, -0.15) is 0 Å². The van der Waals surface area contributed by atoms with E-state index in [1.165, 1.54) is 18.1 Å². The lowest BCUT2D eigenvalue weighted by Crippen LogP contribution is -2.55. The Balaban J connectivity index is 0.000000337. The van der Waals surface area contributed by atoms with Crippen LogP contribution in [0.2, 0.25) is 0 Å². The predicted molar refractivity (Wildman–Crippen MR) is 148 cm³/mol. The van der Waals surface area contributed by atoms with Gasteiger partial charge in [0.1, 0.15) is 12.1 Å². The lowest BCUT2D eigenvalue weighted by atomic mass is 9.44. The summed E-state index contributed by atoms with van der Waals surface area (Å²) < 4.78 is 5.09. The van der Waals surface area contributed by atoms with Gasteiger partial charge in [-0.05, 0) is 59.8 Å². The van der Waals surface area contributed by atoms with E-state index in [0.29, 0.717) is 12.2 Å². The van der Waals surface area contributed by atoms with Crippen molar-refractivity contribution in [3.63, 3.8) is 0 Å². The van der Waals surface area contributed by atoms with Gasteiger partial charge in [0.2, 0.25) is 0 Å². The molecule has 2 aromatic rings. The molecule has 4 heteroatoms. The van der Waals surface area contributed by atoms with Crippen molar-refractivity contribution in [3.05, 3.63) is 71.3 Å². The van der Waals surface area contributed by atoms with Gasteiger partial charge in [-0.25, -0.2) is 4.79 Å². The molecule has 2 aromatic carbocycles. The fraction of sp³-hybridized carbons (Fsp3) is 0.531. The minimum atomic E-state index is -0.221. The van der Waals surface area contributed by atoms with Crippen LogP contribution >= 0.6 is 0 Å². The number of Topliss-reactive ketones (excluding diaryl/α,β-unsaturated/α-hetero) is 1. The Bertz CT molecular complexity index is 986. The molecule has 36 heavy (non-hydrogen) atoms. The van der Waals surface area contributed by atoms with Crippen molar-refractivity contribution in [2.24, 2.45) is 10.8 Å². The van der Waals surface area contributed by atoms with E-state index in [2.05, 4.69) is 72.7 Å². The fourth-order valence-corrected chi connectivity index (χ4v) is 5.11. The van der Waals surface area contributed by atoms with Crippen LogP contribution in [0.3, 0.4) is 0 Å². The van der Waals surface area contributed by atoms with Crippen LogP contribution in [0.5, 0.6) is 0 Å². The molecule has 1 atom stereocenters. The molecule has 0 saturated heterocycles. The lowest BCUT2D eigenvalue weighted by Gasteiger charge is -2.59. The molecule has 0 radical (unpaired) electrons. The number of esters is 1. The molecule has 198 valence electrons. The number of carbonyl (C=O) groups excluding carboxylic acids is 3. The number of hydrogen-bond donors (Lipinski definition) is 0. The second-order valence-corrected chi connectivity index (χ2v) is 11.0. The van der Waals surface area contributed by atoms with Crippen LogP contribution in [-0.4, -0.2) is 24.6 Å². The van der Waals surface area contributed by atoms with E-state index in [9.17, 15) is 9.59 Å². The molecule has 3 rings (SSSR count). The summed E-state index contributed by atoms with van der Waals surface area (Å²) >= 11 is 0. The van der Waals surface area contributed by atoms with Gasteiger partial charge in [-0.15, -0.1) is 0 Å². The van der Waals surface area contributed by atoms with Gasteiger partial charge in [-0.3, -0.25) is 4.79 Å². The molecule has 0 N–H and O–H groups in total. The van der Waals surface area contributed by atoms with Crippen molar-refractivity contribution in [2.45, 2.75) is 92.9 Å². The number of rotatable bonds is 6. The molecule has 0 amide bonds. The standard InChI is InChI=1S/C18H26O.C12H16O2.C2H4O/c1-12(19)15-13-10-8-9-11-14(13)16(2,3)18(6,7)17(15,4)5;1-2-3-7-10-14-12(13)11-8-5-4-6-9-11;1-2-3/h8-11,15H,1-7H3;4-6,8-9H,2-3,7,10H2,1H3;2H,1H3. The Morgan fingerprint density at radius 1 is 0.889 bits per heavy atom. The van der Waals surface area contributed by atoms with Crippen molar-refractivity contribution in [1.82, 2.24) is 0 Å². The molecule has 0 aliphatic heterocycles. The van der Waals surface area contributed by atoms with E-state index in [1.807, 2.05) is 18.2 Å². The van der Waals surface area contributed by atoms with Crippen LogP contribution in [-0.2, 0) is 19.7 Å². The smallest absolute Gasteiger partial charge is 0.338 e. The SMILES string of the molecule is CC(=O)C1c2ccccc2C(C)(C)C(C)(C)C1(C)C.CC=O.CCCCCOC(=O)c1ccccc1. The van der Waals surface area contributed by atoms with Crippen molar-refractivity contribution >= 4 is 18.0 Å². The zero-order valence-electron chi connectivity index (χ0n) is 23.8. The van der Waals surface area contributed by atoms with Gasteiger partial charge >= 0.3 is 5.97 Å². The Morgan fingerprint density at radius 3 is 1.94 bits per heavy atom. The summed E-state index contributed by atoms with van der Waals surface area (Å²) in [6.07, 6.45) is 3.96. The van der Waals surface area contributed by atoms with E-state index in [1.54, 1.807) is 19.1 Å². The third kappa shape index (κ3) is 6.93. The molecule has 0 spiro atoms. The Labute approximate surface area is 218 Å². The largest absolute Gasteiger partial charge is 0.462 e. The second kappa shape index (κ2) is 13.5. The van der Waals surface area contributed by atoms with Crippen molar-refractivity contribution < 1.29 is 19.1 Å². The molecule has 4 nitrogen and oxygen atoms in total. The lowest BCUT2D eigenvalue weighted by molar-refractivity contribution is -0.126. The number of fused-ring (bicyclic) bond motifs is 1. The number of carbonyl (C=O) groups is 3. The summed E-state index contributed by atoms with van der Waals surface area (Å²) in [5, 5.41) is 0. The molecule has 1 aliphatic rings. The first-order chi connectivity index (χ1) is 16.8. The van der Waals surface area contributed by atoms with Crippen LogP contribution in [0.25, 0.3) is 0 Å². The maximum atomic E-state index is 12.3. The number of aldehydes is 1. The van der Waals surface area contributed by atoms with Crippen molar-refractivity contribution in [1.29, 1.82) is 0 Å². The van der Waals surface area contributed by atoms with Crippen LogP contribution in [0.4, 0.5) is 0 Å². The normalized spacial score (nSPS) is 18.2. The highest BCUT2D eigenvalue weighted by Gasteiger charge is 2.58. The highest BCUT2D eigenvalue weighted by atomic mass is 16.5. The van der Waals surface area contributed by atoms with Crippen LogP contribution in [0.1, 0.15) is 109 Å². The van der Waals surface area contributed by atoms with E-state index < -0.39 is 0 Å². The van der Waals surface area contributed by atoms with Gasteiger partial charge in [0.05, 0.1) is 12.2 Å². The van der Waals surface area contributed by atoms with Crippen LogP contribution in [0, 0.1) is 10.8 Å². The molecule has 0 bridgehead atoms. The van der Waals surface area contributed by atoms with E-state index >= 15 is 0 Å². The summed E-state index contributed by atoms with van der Waals surface area (Å²) in [7, 11) is 0. The van der Waals surface area contributed by atoms with Gasteiger partial charge in [0.15, 0.2) is 0 Å². The molecular formula is C32H46O4. The van der Waals surface area contributed by atoms with Crippen LogP contribution in [0.15, 0.2) is 54.6 Å². The highest BCUT2D eigenvalue weighted by molar-refractivity contribution is 5.89. The first-order valence-corrected chi connectivity index (χ1v) is 13.0. The van der Waals surface area contributed by atoms with Gasteiger partial charge in [0, 0.05) is 5.92 Å². The molecule has 0 fully saturated rings. The number of benzene rings is 2. The summed E-state index contributed by atoms with van der Waals surface area (Å²) in [6, 6.07) is 17.6. The highest BCUT2D eigenvalue weighted by Crippen LogP contribution is 2.63. The first-order valence-electron chi connectivity index (χ1n) is 13.0. The number of ketones is 1. The quantitative estimate of drug-likeness (QED) is 0.232. The second-order valence-electron chi connectivity index (χ2n) is 11.0. The third-order valence-electron chi connectivity index (χ3n) is 8.24. The number of hydrogen-bond acceptors (Lipinski definition) is 4. The predicted octanol–water partition coefficient (Wildman–Crippen LogP) is 7.94. The summed E-state index contributed by atoms with van der Waals surface area (Å²) in [4.78, 5) is 32.5. The minimum Gasteiger partial charge on any atom is -0.462 e. The topological polar surface area (TPSA) is 60.4 Å². The van der Waals surface area contributed by atoms with Gasteiger partial charge in [-0.1, -0.05) is 104 Å². The minimum absolute atomic E-state index is 0.00766. The molecule has 1 unspecified atom stereocenters. The van der Waals surface area contributed by atoms with E-state index in [0.717, 1.165) is 25.5 Å². The van der Waals surface area contributed by atoms with E-state index in [-0.39, 0.29) is 33.9 Å². The molecule has 0 saturated carbocycles. The van der Waals surface area contributed by atoms with Gasteiger partial charge < -0.3 is 9.53 Å². The zero-order chi connectivity index (χ0) is 27.6. The zero-order valence-corrected chi connectivity index (χ0v) is 23.8.